The summed E-state index contributed by atoms with van der Waals surface area (Å²) in [6, 6.07) is 21.1. The Bertz CT molecular complexity index is 1210. The molecule has 0 aliphatic rings. The second kappa shape index (κ2) is 11.1. The van der Waals surface area contributed by atoms with Crippen LogP contribution in [0.2, 0.25) is 0 Å². The molecule has 3 rings (SSSR count). The Morgan fingerprint density at radius 1 is 0.941 bits per heavy atom. The summed E-state index contributed by atoms with van der Waals surface area (Å²) in [6.45, 7) is 3.88. The first-order chi connectivity index (χ1) is 16.3. The zero-order valence-electron chi connectivity index (χ0n) is 19.8. The standard InChI is InChI=1S/C26H30N2O5S/c1-19-10-13-23(14-11-19)34(30,31)28(22-12-15-24(32-3)25(16-22)33-4)18-26(29)27-17-20(2)21-8-6-5-7-9-21/h5-16,20H,17-18H2,1-4H3,(H,27,29)/t20-/m0/s1. The number of benzene rings is 3. The van der Waals surface area contributed by atoms with Gasteiger partial charge in [0.15, 0.2) is 11.5 Å². The van der Waals surface area contributed by atoms with E-state index in [9.17, 15) is 13.2 Å². The summed E-state index contributed by atoms with van der Waals surface area (Å²) in [6.07, 6.45) is 0. The minimum Gasteiger partial charge on any atom is -0.493 e. The van der Waals surface area contributed by atoms with Gasteiger partial charge in [-0.1, -0.05) is 55.0 Å². The van der Waals surface area contributed by atoms with Crippen molar-refractivity contribution < 1.29 is 22.7 Å². The molecule has 7 nitrogen and oxygen atoms in total. The molecule has 34 heavy (non-hydrogen) atoms. The summed E-state index contributed by atoms with van der Waals surface area (Å²) in [5.74, 6) is 0.490. The first-order valence-electron chi connectivity index (χ1n) is 10.9. The fourth-order valence-corrected chi connectivity index (χ4v) is 4.90. The van der Waals surface area contributed by atoms with Gasteiger partial charge in [-0.25, -0.2) is 8.42 Å². The van der Waals surface area contributed by atoms with Crippen molar-refractivity contribution in [3.63, 3.8) is 0 Å². The van der Waals surface area contributed by atoms with Gasteiger partial charge in [0.05, 0.1) is 24.8 Å². The molecule has 3 aromatic carbocycles. The van der Waals surface area contributed by atoms with Crippen molar-refractivity contribution in [1.82, 2.24) is 5.32 Å². The maximum Gasteiger partial charge on any atom is 0.264 e. The molecular formula is C26H30N2O5S. The second-order valence-corrected chi connectivity index (χ2v) is 9.84. The number of hydrogen-bond donors (Lipinski definition) is 1. The lowest BCUT2D eigenvalue weighted by Crippen LogP contribution is -2.41. The van der Waals surface area contributed by atoms with Crippen LogP contribution in [0.15, 0.2) is 77.7 Å². The van der Waals surface area contributed by atoms with E-state index >= 15 is 0 Å². The largest absolute Gasteiger partial charge is 0.493 e. The first-order valence-corrected chi connectivity index (χ1v) is 12.3. The van der Waals surface area contributed by atoms with Crippen LogP contribution in [0, 0.1) is 6.92 Å². The molecule has 0 bridgehead atoms. The number of ether oxygens (including phenoxy) is 2. The van der Waals surface area contributed by atoms with E-state index in [1.165, 1.54) is 26.4 Å². The maximum atomic E-state index is 13.6. The zero-order chi connectivity index (χ0) is 24.7. The van der Waals surface area contributed by atoms with Crippen molar-refractivity contribution in [2.24, 2.45) is 0 Å². The van der Waals surface area contributed by atoms with Gasteiger partial charge in [0.2, 0.25) is 5.91 Å². The summed E-state index contributed by atoms with van der Waals surface area (Å²) in [5.41, 5.74) is 2.32. The minimum absolute atomic E-state index is 0.0772. The lowest BCUT2D eigenvalue weighted by atomic mass is 10.0. The molecule has 0 saturated carbocycles. The lowest BCUT2D eigenvalue weighted by molar-refractivity contribution is -0.119. The fraction of sp³-hybridized carbons (Fsp3) is 0.269. The van der Waals surface area contributed by atoms with Gasteiger partial charge in [0.1, 0.15) is 6.54 Å². The third-order valence-corrected chi connectivity index (χ3v) is 7.31. The SMILES string of the molecule is COc1ccc(N(CC(=O)NC[C@H](C)c2ccccc2)S(=O)(=O)c2ccc(C)cc2)cc1OC. The summed E-state index contributed by atoms with van der Waals surface area (Å²) >= 11 is 0. The molecule has 180 valence electrons. The van der Waals surface area contributed by atoms with E-state index in [4.69, 9.17) is 9.47 Å². The van der Waals surface area contributed by atoms with Crippen LogP contribution < -0.4 is 19.1 Å². The molecule has 0 saturated heterocycles. The van der Waals surface area contributed by atoms with Crippen molar-refractivity contribution in [2.45, 2.75) is 24.7 Å². The van der Waals surface area contributed by atoms with Crippen LogP contribution in [-0.4, -0.2) is 41.6 Å². The molecule has 0 radical (unpaired) electrons. The van der Waals surface area contributed by atoms with E-state index < -0.39 is 15.9 Å². The van der Waals surface area contributed by atoms with E-state index in [-0.39, 0.29) is 17.4 Å². The predicted octanol–water partition coefficient (Wildman–Crippen LogP) is 4.13. The van der Waals surface area contributed by atoms with Gasteiger partial charge < -0.3 is 14.8 Å². The van der Waals surface area contributed by atoms with Gasteiger partial charge >= 0.3 is 0 Å². The Labute approximate surface area is 201 Å². The predicted molar refractivity (Wildman–Crippen MR) is 133 cm³/mol. The van der Waals surface area contributed by atoms with Crippen LogP contribution in [0.3, 0.4) is 0 Å². The van der Waals surface area contributed by atoms with Crippen LogP contribution in [-0.2, 0) is 14.8 Å². The van der Waals surface area contributed by atoms with Crippen molar-refractivity contribution in [3.8, 4) is 11.5 Å². The zero-order valence-corrected chi connectivity index (χ0v) is 20.6. The van der Waals surface area contributed by atoms with Crippen LogP contribution in [0.4, 0.5) is 5.69 Å². The molecular weight excluding hydrogens is 452 g/mol. The van der Waals surface area contributed by atoms with Crippen LogP contribution in [0.1, 0.15) is 24.0 Å². The lowest BCUT2D eigenvalue weighted by Gasteiger charge is -2.25. The van der Waals surface area contributed by atoms with Crippen LogP contribution in [0.25, 0.3) is 0 Å². The highest BCUT2D eigenvalue weighted by Crippen LogP contribution is 2.33. The average Bonchev–Trinajstić information content (AvgIpc) is 2.86. The molecule has 1 amide bonds. The monoisotopic (exact) mass is 482 g/mol. The number of carbonyl (C=O) groups is 1. The number of anilines is 1. The first kappa shape index (κ1) is 25.1. The van der Waals surface area contributed by atoms with Crippen molar-refractivity contribution >= 4 is 21.6 Å². The van der Waals surface area contributed by atoms with Crippen molar-refractivity contribution in [3.05, 3.63) is 83.9 Å². The molecule has 8 heteroatoms. The van der Waals surface area contributed by atoms with E-state index in [2.05, 4.69) is 5.32 Å². The number of carbonyl (C=O) groups excluding carboxylic acids is 1. The number of sulfonamides is 1. The Morgan fingerprint density at radius 2 is 1.59 bits per heavy atom. The Morgan fingerprint density at radius 3 is 2.21 bits per heavy atom. The van der Waals surface area contributed by atoms with Gasteiger partial charge in [0.25, 0.3) is 10.0 Å². The van der Waals surface area contributed by atoms with E-state index in [0.29, 0.717) is 23.7 Å². The third kappa shape index (κ3) is 5.88. The third-order valence-electron chi connectivity index (χ3n) is 5.53. The summed E-state index contributed by atoms with van der Waals surface area (Å²) in [7, 11) is -1.06. The molecule has 0 heterocycles. The highest BCUT2D eigenvalue weighted by atomic mass is 32.2. The normalized spacial score (nSPS) is 12.0. The number of methoxy groups -OCH3 is 2. The van der Waals surface area contributed by atoms with Gasteiger partial charge in [0, 0.05) is 12.6 Å². The second-order valence-electron chi connectivity index (χ2n) is 7.98. The molecule has 0 fully saturated rings. The highest BCUT2D eigenvalue weighted by molar-refractivity contribution is 7.92. The number of aryl methyl sites for hydroxylation is 1. The Kier molecular flexibility index (Phi) is 8.17. The van der Waals surface area contributed by atoms with E-state index in [1.54, 1.807) is 30.3 Å². The van der Waals surface area contributed by atoms with Gasteiger partial charge in [-0.05, 0) is 42.7 Å². The summed E-state index contributed by atoms with van der Waals surface area (Å²) < 4.78 is 38.8. The quantitative estimate of drug-likeness (QED) is 0.470. The van der Waals surface area contributed by atoms with Crippen LogP contribution >= 0.6 is 0 Å². The number of amides is 1. The van der Waals surface area contributed by atoms with Gasteiger partial charge in [-0.15, -0.1) is 0 Å². The van der Waals surface area contributed by atoms with Gasteiger partial charge in [-0.3, -0.25) is 9.10 Å². The molecule has 0 spiro atoms. The van der Waals surface area contributed by atoms with E-state index in [1.807, 2.05) is 44.2 Å². The molecule has 3 aromatic rings. The Balaban J connectivity index is 1.89. The molecule has 1 atom stereocenters. The minimum atomic E-state index is -4.03. The smallest absolute Gasteiger partial charge is 0.264 e. The highest BCUT2D eigenvalue weighted by Gasteiger charge is 2.28. The summed E-state index contributed by atoms with van der Waals surface area (Å²) in [4.78, 5) is 13.0. The molecule has 0 aliphatic carbocycles. The van der Waals surface area contributed by atoms with Crippen molar-refractivity contribution in [2.75, 3.05) is 31.6 Å². The maximum absolute atomic E-state index is 13.6. The number of rotatable bonds is 10. The van der Waals surface area contributed by atoms with Crippen molar-refractivity contribution in [1.29, 1.82) is 0 Å². The Hall–Kier alpha value is -3.52. The van der Waals surface area contributed by atoms with E-state index in [0.717, 1.165) is 15.4 Å². The molecule has 0 unspecified atom stereocenters. The molecule has 1 N–H and O–H groups in total. The van der Waals surface area contributed by atoms with Crippen LogP contribution in [0.5, 0.6) is 11.5 Å². The summed E-state index contributed by atoms with van der Waals surface area (Å²) in [5, 5.41) is 2.86. The topological polar surface area (TPSA) is 84.9 Å². The van der Waals surface area contributed by atoms with Gasteiger partial charge in [-0.2, -0.15) is 0 Å². The number of nitrogens with one attached hydrogen (secondary N) is 1. The molecule has 0 aromatic heterocycles. The fourth-order valence-electron chi connectivity index (χ4n) is 3.49. The number of hydrogen-bond acceptors (Lipinski definition) is 5. The molecule has 0 aliphatic heterocycles. The average molecular weight is 483 g/mol. The number of nitrogens with zero attached hydrogens (tertiary/aromatic N) is 1.